The third kappa shape index (κ3) is 2.83. The van der Waals surface area contributed by atoms with Crippen LogP contribution in [-0.2, 0) is 4.79 Å². The molecule has 0 aromatic heterocycles. The summed E-state index contributed by atoms with van der Waals surface area (Å²) in [4.78, 5) is 10.8. The van der Waals surface area contributed by atoms with E-state index in [0.29, 0.717) is 5.92 Å². The Bertz CT molecular complexity index is 368. The molecule has 0 saturated heterocycles. The molecule has 1 fully saturated rings. The van der Waals surface area contributed by atoms with Crippen LogP contribution in [0.5, 0.6) is 0 Å². The quantitative estimate of drug-likeness (QED) is 0.787. The van der Waals surface area contributed by atoms with Crippen LogP contribution >= 0.6 is 0 Å². The van der Waals surface area contributed by atoms with E-state index in [4.69, 9.17) is 5.73 Å². The summed E-state index contributed by atoms with van der Waals surface area (Å²) in [5.74, 6) is 0.375. The monoisotopic (exact) mass is 218 g/mol. The van der Waals surface area contributed by atoms with Gasteiger partial charge < -0.3 is 11.1 Å². The molecule has 0 aliphatic heterocycles. The number of rotatable bonds is 5. The van der Waals surface area contributed by atoms with E-state index in [1.165, 1.54) is 24.0 Å². The fourth-order valence-electron chi connectivity index (χ4n) is 1.97. The Morgan fingerprint density at radius 1 is 1.44 bits per heavy atom. The zero-order chi connectivity index (χ0) is 11.5. The van der Waals surface area contributed by atoms with Gasteiger partial charge in [-0.05, 0) is 31.2 Å². The van der Waals surface area contributed by atoms with Gasteiger partial charge in [0, 0.05) is 6.04 Å². The van der Waals surface area contributed by atoms with E-state index in [0.717, 1.165) is 0 Å². The van der Waals surface area contributed by atoms with Crippen LogP contribution in [0.3, 0.4) is 0 Å². The number of aryl methyl sites for hydroxylation is 1. The Labute approximate surface area is 96.0 Å². The van der Waals surface area contributed by atoms with E-state index < -0.39 is 0 Å². The van der Waals surface area contributed by atoms with Crippen molar-refractivity contribution < 1.29 is 4.79 Å². The number of benzene rings is 1. The smallest absolute Gasteiger partial charge is 0.231 e. The van der Waals surface area contributed by atoms with Crippen LogP contribution in [0.2, 0.25) is 0 Å². The first-order valence-electron chi connectivity index (χ1n) is 5.75. The number of carbonyl (C=O) groups excluding carboxylic acids is 1. The van der Waals surface area contributed by atoms with Gasteiger partial charge in [0.2, 0.25) is 5.91 Å². The third-order valence-electron chi connectivity index (χ3n) is 3.03. The Kier molecular flexibility index (Phi) is 3.25. The first-order chi connectivity index (χ1) is 7.66. The molecule has 16 heavy (non-hydrogen) atoms. The molecule has 1 saturated carbocycles. The highest BCUT2D eigenvalue weighted by atomic mass is 16.1. The Balaban J connectivity index is 2.06. The third-order valence-corrected chi connectivity index (χ3v) is 3.03. The van der Waals surface area contributed by atoms with Crippen LogP contribution < -0.4 is 11.1 Å². The number of primary amides is 1. The van der Waals surface area contributed by atoms with Gasteiger partial charge in [0.25, 0.3) is 0 Å². The molecule has 0 heterocycles. The van der Waals surface area contributed by atoms with Crippen LogP contribution in [0.25, 0.3) is 0 Å². The number of nitrogens with two attached hydrogens (primary N) is 1. The van der Waals surface area contributed by atoms with Crippen molar-refractivity contribution in [3.8, 4) is 0 Å². The van der Waals surface area contributed by atoms with Crippen LogP contribution in [0, 0.1) is 12.8 Å². The predicted molar refractivity (Wildman–Crippen MR) is 63.8 cm³/mol. The van der Waals surface area contributed by atoms with Crippen molar-refractivity contribution in [3.05, 3.63) is 35.4 Å². The molecule has 0 radical (unpaired) electrons. The molecule has 0 spiro atoms. The van der Waals surface area contributed by atoms with E-state index in [9.17, 15) is 4.79 Å². The highest BCUT2D eigenvalue weighted by Crippen LogP contribution is 2.40. The average molecular weight is 218 g/mol. The second kappa shape index (κ2) is 4.66. The summed E-state index contributed by atoms with van der Waals surface area (Å²) in [7, 11) is 0. The Morgan fingerprint density at radius 2 is 2.06 bits per heavy atom. The lowest BCUT2D eigenvalue weighted by Gasteiger charge is -2.18. The summed E-state index contributed by atoms with van der Waals surface area (Å²) < 4.78 is 0. The van der Waals surface area contributed by atoms with Gasteiger partial charge in [-0.25, -0.2) is 0 Å². The lowest BCUT2D eigenvalue weighted by Crippen LogP contribution is -2.32. The number of nitrogens with one attached hydrogen (secondary N) is 1. The minimum Gasteiger partial charge on any atom is -0.369 e. The van der Waals surface area contributed by atoms with Crippen molar-refractivity contribution in [3.63, 3.8) is 0 Å². The first-order valence-corrected chi connectivity index (χ1v) is 5.75. The lowest BCUT2D eigenvalue weighted by molar-refractivity contribution is -0.117. The van der Waals surface area contributed by atoms with Crippen molar-refractivity contribution in [2.75, 3.05) is 6.54 Å². The van der Waals surface area contributed by atoms with E-state index in [-0.39, 0.29) is 18.5 Å². The summed E-state index contributed by atoms with van der Waals surface area (Å²) in [6.07, 6.45) is 2.48. The molecule has 1 aliphatic carbocycles. The molecule has 3 N–H and O–H groups in total. The number of hydrogen-bond donors (Lipinski definition) is 2. The molecule has 0 bridgehead atoms. The molecule has 3 nitrogen and oxygen atoms in total. The molecule has 86 valence electrons. The number of amides is 1. The summed E-state index contributed by atoms with van der Waals surface area (Å²) >= 11 is 0. The summed E-state index contributed by atoms with van der Waals surface area (Å²) in [5, 5.41) is 3.24. The molecule has 1 aromatic carbocycles. The molecule has 3 heteroatoms. The lowest BCUT2D eigenvalue weighted by atomic mass is 10.0. The molecule has 1 aromatic rings. The van der Waals surface area contributed by atoms with Crippen molar-refractivity contribution in [1.29, 1.82) is 0 Å². The summed E-state index contributed by atoms with van der Waals surface area (Å²) in [6, 6.07) is 8.76. The Morgan fingerprint density at radius 3 is 2.56 bits per heavy atom. The highest BCUT2D eigenvalue weighted by molar-refractivity contribution is 5.75. The van der Waals surface area contributed by atoms with E-state index in [1.54, 1.807) is 0 Å². The van der Waals surface area contributed by atoms with E-state index >= 15 is 0 Å². The van der Waals surface area contributed by atoms with Gasteiger partial charge in [-0.3, -0.25) is 4.79 Å². The minimum atomic E-state index is -0.294. The molecular formula is C13H18N2O. The average Bonchev–Trinajstić information content (AvgIpc) is 3.04. The first kappa shape index (κ1) is 11.1. The maximum Gasteiger partial charge on any atom is 0.231 e. The standard InChI is InChI=1S/C13H18N2O/c1-9-2-4-10(5-3-9)13(11-6-7-11)15-8-12(14)16/h2-5,11,13,15H,6-8H2,1H3,(H2,14,16). The zero-order valence-electron chi connectivity index (χ0n) is 9.57. The second-order valence-electron chi connectivity index (χ2n) is 4.57. The molecule has 1 unspecified atom stereocenters. The van der Waals surface area contributed by atoms with Gasteiger partial charge in [0.05, 0.1) is 6.54 Å². The maximum atomic E-state index is 10.8. The maximum absolute atomic E-state index is 10.8. The number of hydrogen-bond acceptors (Lipinski definition) is 2. The minimum absolute atomic E-state index is 0.259. The van der Waals surface area contributed by atoms with Crippen LogP contribution in [0.15, 0.2) is 24.3 Å². The van der Waals surface area contributed by atoms with Crippen LogP contribution in [0.4, 0.5) is 0 Å². The molecular weight excluding hydrogens is 200 g/mol. The van der Waals surface area contributed by atoms with Gasteiger partial charge in [0.15, 0.2) is 0 Å². The van der Waals surface area contributed by atoms with E-state index in [2.05, 4.69) is 36.5 Å². The van der Waals surface area contributed by atoms with Gasteiger partial charge in [0.1, 0.15) is 0 Å². The largest absolute Gasteiger partial charge is 0.369 e. The topological polar surface area (TPSA) is 55.1 Å². The van der Waals surface area contributed by atoms with E-state index in [1.807, 2.05) is 0 Å². The van der Waals surface area contributed by atoms with Crippen molar-refractivity contribution in [1.82, 2.24) is 5.32 Å². The fraction of sp³-hybridized carbons (Fsp3) is 0.462. The summed E-state index contributed by atoms with van der Waals surface area (Å²) in [5.41, 5.74) is 7.68. The predicted octanol–water partition coefficient (Wildman–Crippen LogP) is 1.52. The summed E-state index contributed by atoms with van der Waals surface area (Å²) in [6.45, 7) is 2.34. The SMILES string of the molecule is Cc1ccc(C(NCC(N)=O)C2CC2)cc1. The van der Waals surface area contributed by atoms with Crippen LogP contribution in [0.1, 0.15) is 30.0 Å². The molecule has 2 rings (SSSR count). The number of carbonyl (C=O) groups is 1. The van der Waals surface area contributed by atoms with Crippen molar-refractivity contribution in [2.24, 2.45) is 11.7 Å². The van der Waals surface area contributed by atoms with Crippen molar-refractivity contribution >= 4 is 5.91 Å². The molecule has 1 amide bonds. The van der Waals surface area contributed by atoms with Gasteiger partial charge in [-0.1, -0.05) is 29.8 Å². The fourth-order valence-corrected chi connectivity index (χ4v) is 1.97. The van der Waals surface area contributed by atoms with Gasteiger partial charge in [-0.15, -0.1) is 0 Å². The molecule has 1 atom stereocenters. The normalized spacial score (nSPS) is 17.1. The van der Waals surface area contributed by atoms with Gasteiger partial charge >= 0.3 is 0 Å². The van der Waals surface area contributed by atoms with Crippen molar-refractivity contribution in [2.45, 2.75) is 25.8 Å². The Hall–Kier alpha value is -1.35. The highest BCUT2D eigenvalue weighted by Gasteiger charge is 2.31. The zero-order valence-corrected chi connectivity index (χ0v) is 9.57. The van der Waals surface area contributed by atoms with Gasteiger partial charge in [-0.2, -0.15) is 0 Å². The van der Waals surface area contributed by atoms with Crippen LogP contribution in [-0.4, -0.2) is 12.5 Å². The molecule has 1 aliphatic rings. The second-order valence-corrected chi connectivity index (χ2v) is 4.57.